The summed E-state index contributed by atoms with van der Waals surface area (Å²) < 4.78 is 5.68. The number of hydrogen-bond acceptors (Lipinski definition) is 4. The molecule has 106 valence electrons. The van der Waals surface area contributed by atoms with E-state index in [2.05, 4.69) is 17.1 Å². The van der Waals surface area contributed by atoms with Gasteiger partial charge in [-0.25, -0.2) is 0 Å². The van der Waals surface area contributed by atoms with Crippen LogP contribution in [0.4, 0.5) is 0 Å². The number of carbonyl (C=O) groups is 1. The molecule has 1 saturated heterocycles. The molecule has 1 unspecified atom stereocenters. The normalized spacial score (nSPS) is 20.3. The van der Waals surface area contributed by atoms with Gasteiger partial charge < -0.3 is 9.32 Å². The molecule has 2 heterocycles. The van der Waals surface area contributed by atoms with Crippen LogP contribution in [0.1, 0.15) is 64.7 Å². The van der Waals surface area contributed by atoms with E-state index >= 15 is 0 Å². The molecule has 0 bridgehead atoms. The SMILES string of the molecule is CCCCc1nnc(C2CC(=O)N(C(C)(C)C)C2)o1. The van der Waals surface area contributed by atoms with Gasteiger partial charge in [0.1, 0.15) is 0 Å². The van der Waals surface area contributed by atoms with E-state index in [0.29, 0.717) is 24.7 Å². The number of rotatable bonds is 4. The van der Waals surface area contributed by atoms with Gasteiger partial charge in [-0.05, 0) is 27.2 Å². The van der Waals surface area contributed by atoms with Crippen LogP contribution in [0.25, 0.3) is 0 Å². The average molecular weight is 265 g/mol. The van der Waals surface area contributed by atoms with E-state index in [1.807, 2.05) is 25.7 Å². The van der Waals surface area contributed by atoms with Gasteiger partial charge in [0.15, 0.2) is 0 Å². The van der Waals surface area contributed by atoms with Gasteiger partial charge in [0.25, 0.3) is 0 Å². The Morgan fingerprint density at radius 3 is 2.68 bits per heavy atom. The minimum absolute atomic E-state index is 0.0506. The fraction of sp³-hybridized carbons (Fsp3) is 0.786. The number of nitrogens with zero attached hydrogens (tertiary/aromatic N) is 3. The van der Waals surface area contributed by atoms with Crippen molar-refractivity contribution in [1.29, 1.82) is 0 Å². The summed E-state index contributed by atoms with van der Waals surface area (Å²) in [5.74, 6) is 1.53. The van der Waals surface area contributed by atoms with Gasteiger partial charge in [0, 0.05) is 24.9 Å². The Morgan fingerprint density at radius 1 is 1.37 bits per heavy atom. The second kappa shape index (κ2) is 5.31. The van der Waals surface area contributed by atoms with Crippen molar-refractivity contribution in [2.45, 2.75) is 64.8 Å². The van der Waals surface area contributed by atoms with Crippen molar-refractivity contribution in [3.05, 3.63) is 11.8 Å². The Morgan fingerprint density at radius 2 is 2.11 bits per heavy atom. The molecule has 2 rings (SSSR count). The molecule has 1 amide bonds. The molecule has 1 aromatic heterocycles. The zero-order valence-corrected chi connectivity index (χ0v) is 12.3. The van der Waals surface area contributed by atoms with Crippen LogP contribution in [0.3, 0.4) is 0 Å². The smallest absolute Gasteiger partial charge is 0.223 e. The second-order valence-electron chi connectivity index (χ2n) is 6.21. The number of amides is 1. The first-order chi connectivity index (χ1) is 8.91. The lowest BCUT2D eigenvalue weighted by molar-refractivity contribution is -0.131. The lowest BCUT2D eigenvalue weighted by Crippen LogP contribution is -2.42. The zero-order valence-electron chi connectivity index (χ0n) is 12.3. The molecule has 1 fully saturated rings. The van der Waals surface area contributed by atoms with E-state index < -0.39 is 0 Å². The Kier molecular flexibility index (Phi) is 3.92. The van der Waals surface area contributed by atoms with Crippen LogP contribution in [-0.4, -0.2) is 33.1 Å². The highest BCUT2D eigenvalue weighted by Gasteiger charge is 2.39. The fourth-order valence-electron chi connectivity index (χ4n) is 2.38. The van der Waals surface area contributed by atoms with Crippen LogP contribution in [0.15, 0.2) is 4.42 Å². The Bertz CT molecular complexity index is 448. The van der Waals surface area contributed by atoms with E-state index in [1.165, 1.54) is 0 Å². The number of hydrogen-bond donors (Lipinski definition) is 0. The monoisotopic (exact) mass is 265 g/mol. The number of unbranched alkanes of at least 4 members (excludes halogenated alkanes) is 1. The summed E-state index contributed by atoms with van der Waals surface area (Å²) in [4.78, 5) is 13.9. The van der Waals surface area contributed by atoms with Gasteiger partial charge >= 0.3 is 0 Å². The highest BCUT2D eigenvalue weighted by atomic mass is 16.4. The molecule has 1 aromatic rings. The lowest BCUT2D eigenvalue weighted by atomic mass is 10.1. The van der Waals surface area contributed by atoms with Gasteiger partial charge in [-0.1, -0.05) is 13.3 Å². The van der Waals surface area contributed by atoms with Gasteiger partial charge in [-0.2, -0.15) is 0 Å². The Balaban J connectivity index is 2.04. The largest absolute Gasteiger partial charge is 0.425 e. The van der Waals surface area contributed by atoms with Gasteiger partial charge in [-0.15, -0.1) is 10.2 Å². The van der Waals surface area contributed by atoms with E-state index in [1.54, 1.807) is 0 Å². The standard InChI is InChI=1S/C14H23N3O2/c1-5-6-7-11-15-16-13(19-11)10-8-12(18)17(9-10)14(2,3)4/h10H,5-9H2,1-4H3. The van der Waals surface area contributed by atoms with Gasteiger partial charge in [-0.3, -0.25) is 4.79 Å². The topological polar surface area (TPSA) is 59.2 Å². The maximum Gasteiger partial charge on any atom is 0.223 e. The highest BCUT2D eigenvalue weighted by molar-refractivity contribution is 5.80. The van der Waals surface area contributed by atoms with E-state index in [0.717, 1.165) is 19.3 Å². The van der Waals surface area contributed by atoms with Crippen molar-refractivity contribution in [2.24, 2.45) is 0 Å². The summed E-state index contributed by atoms with van der Waals surface area (Å²) >= 11 is 0. The molecule has 0 radical (unpaired) electrons. The quantitative estimate of drug-likeness (QED) is 0.839. The van der Waals surface area contributed by atoms with Crippen molar-refractivity contribution < 1.29 is 9.21 Å². The number of aromatic nitrogens is 2. The number of aryl methyl sites for hydroxylation is 1. The molecule has 1 aliphatic heterocycles. The summed E-state index contributed by atoms with van der Waals surface area (Å²) in [5, 5.41) is 8.17. The molecule has 5 nitrogen and oxygen atoms in total. The first-order valence-electron chi connectivity index (χ1n) is 7.04. The van der Waals surface area contributed by atoms with Crippen LogP contribution < -0.4 is 0 Å². The average Bonchev–Trinajstić information content (AvgIpc) is 2.91. The fourth-order valence-corrected chi connectivity index (χ4v) is 2.38. The molecular weight excluding hydrogens is 242 g/mol. The van der Waals surface area contributed by atoms with Crippen molar-refractivity contribution in [3.8, 4) is 0 Å². The maximum absolute atomic E-state index is 12.0. The molecule has 0 saturated carbocycles. The second-order valence-corrected chi connectivity index (χ2v) is 6.21. The van der Waals surface area contributed by atoms with E-state index in [-0.39, 0.29) is 17.4 Å². The minimum Gasteiger partial charge on any atom is -0.425 e. The van der Waals surface area contributed by atoms with Gasteiger partial charge in [0.05, 0.1) is 5.92 Å². The third kappa shape index (κ3) is 3.14. The summed E-state index contributed by atoms with van der Waals surface area (Å²) in [6.45, 7) is 8.96. The molecule has 0 N–H and O–H groups in total. The number of carbonyl (C=O) groups excluding carboxylic acids is 1. The van der Waals surface area contributed by atoms with Crippen LogP contribution in [0.5, 0.6) is 0 Å². The molecule has 0 aromatic carbocycles. The van der Waals surface area contributed by atoms with Crippen LogP contribution in [-0.2, 0) is 11.2 Å². The van der Waals surface area contributed by atoms with Crippen molar-refractivity contribution in [2.75, 3.05) is 6.54 Å². The zero-order chi connectivity index (χ0) is 14.0. The summed E-state index contributed by atoms with van der Waals surface area (Å²) in [6.07, 6.45) is 3.47. The molecule has 0 aliphatic carbocycles. The summed E-state index contributed by atoms with van der Waals surface area (Å²) in [5.41, 5.74) is -0.142. The van der Waals surface area contributed by atoms with Crippen molar-refractivity contribution in [3.63, 3.8) is 0 Å². The van der Waals surface area contributed by atoms with Crippen molar-refractivity contribution >= 4 is 5.91 Å². The first-order valence-corrected chi connectivity index (χ1v) is 7.04. The van der Waals surface area contributed by atoms with Crippen LogP contribution in [0, 0.1) is 0 Å². The highest BCUT2D eigenvalue weighted by Crippen LogP contribution is 2.31. The Labute approximate surface area is 114 Å². The third-order valence-electron chi connectivity index (χ3n) is 3.51. The predicted molar refractivity (Wildman–Crippen MR) is 71.7 cm³/mol. The third-order valence-corrected chi connectivity index (χ3v) is 3.51. The predicted octanol–water partition coefficient (Wildman–Crippen LogP) is 2.53. The molecule has 0 spiro atoms. The van der Waals surface area contributed by atoms with Crippen LogP contribution >= 0.6 is 0 Å². The van der Waals surface area contributed by atoms with E-state index in [9.17, 15) is 4.79 Å². The molecule has 1 atom stereocenters. The minimum atomic E-state index is -0.142. The van der Waals surface area contributed by atoms with E-state index in [4.69, 9.17) is 4.42 Å². The molecule has 19 heavy (non-hydrogen) atoms. The molecule has 1 aliphatic rings. The van der Waals surface area contributed by atoms with Crippen molar-refractivity contribution in [1.82, 2.24) is 15.1 Å². The Hall–Kier alpha value is -1.39. The van der Waals surface area contributed by atoms with Gasteiger partial charge in [0.2, 0.25) is 17.7 Å². The summed E-state index contributed by atoms with van der Waals surface area (Å²) in [6, 6.07) is 0. The number of likely N-dealkylation sites (tertiary alicyclic amines) is 1. The summed E-state index contributed by atoms with van der Waals surface area (Å²) in [7, 11) is 0. The maximum atomic E-state index is 12.0. The molecule has 5 heteroatoms. The van der Waals surface area contributed by atoms with Crippen LogP contribution in [0.2, 0.25) is 0 Å². The molecular formula is C14H23N3O2. The lowest BCUT2D eigenvalue weighted by Gasteiger charge is -2.31. The first kappa shape index (κ1) is 14.0.